The van der Waals surface area contributed by atoms with Gasteiger partial charge in [-0.2, -0.15) is 0 Å². The summed E-state index contributed by atoms with van der Waals surface area (Å²) in [6.45, 7) is 6.67. The first-order valence-electron chi connectivity index (χ1n) is 5.23. The fourth-order valence-electron chi connectivity index (χ4n) is 1.71. The van der Waals surface area contributed by atoms with Crippen LogP contribution in [0, 0.1) is 11.2 Å². The van der Waals surface area contributed by atoms with Crippen LogP contribution in [0.5, 0.6) is 0 Å². The van der Waals surface area contributed by atoms with Crippen molar-refractivity contribution in [3.05, 3.63) is 46.7 Å². The molecule has 0 spiro atoms. The van der Waals surface area contributed by atoms with Gasteiger partial charge in [0.15, 0.2) is 0 Å². The predicted octanol–water partition coefficient (Wildman–Crippen LogP) is 3.54. The molecule has 16 heavy (non-hydrogen) atoms. The molecule has 0 bridgehead atoms. The van der Waals surface area contributed by atoms with Crippen molar-refractivity contribution < 1.29 is 4.39 Å². The molecule has 0 saturated heterocycles. The maximum absolute atomic E-state index is 13.7. The maximum atomic E-state index is 13.7. The van der Waals surface area contributed by atoms with Crippen LogP contribution in [0.4, 0.5) is 4.39 Å². The van der Waals surface area contributed by atoms with Crippen molar-refractivity contribution in [1.29, 1.82) is 0 Å². The first-order valence-corrected chi connectivity index (χ1v) is 6.02. The van der Waals surface area contributed by atoms with Gasteiger partial charge in [0.2, 0.25) is 0 Å². The van der Waals surface area contributed by atoms with Crippen LogP contribution in [0.25, 0.3) is 0 Å². The lowest BCUT2D eigenvalue weighted by molar-refractivity contribution is 0.398. The molecule has 1 rings (SSSR count). The number of rotatable bonds is 5. The van der Waals surface area contributed by atoms with Crippen LogP contribution in [0.2, 0.25) is 0 Å². The molecule has 0 aliphatic rings. The minimum absolute atomic E-state index is 0.122. The van der Waals surface area contributed by atoms with Crippen molar-refractivity contribution in [2.24, 2.45) is 5.41 Å². The molecule has 1 atom stereocenters. The van der Waals surface area contributed by atoms with Gasteiger partial charge in [-0.3, -0.25) is 0 Å². The van der Waals surface area contributed by atoms with Gasteiger partial charge in [0.05, 0.1) is 0 Å². The quantitative estimate of drug-likeness (QED) is 0.816. The van der Waals surface area contributed by atoms with E-state index in [0.29, 0.717) is 6.42 Å². The predicted molar refractivity (Wildman–Crippen MR) is 70.0 cm³/mol. The molecule has 0 aromatic heterocycles. The summed E-state index contributed by atoms with van der Waals surface area (Å²) in [7, 11) is 1.89. The van der Waals surface area contributed by atoms with Crippen molar-refractivity contribution in [3.63, 3.8) is 0 Å². The van der Waals surface area contributed by atoms with Crippen LogP contribution >= 0.6 is 15.9 Å². The van der Waals surface area contributed by atoms with Gasteiger partial charge in [0, 0.05) is 16.4 Å². The Morgan fingerprint density at radius 3 is 2.75 bits per heavy atom. The lowest BCUT2D eigenvalue weighted by Gasteiger charge is -2.25. The highest BCUT2D eigenvalue weighted by molar-refractivity contribution is 9.10. The van der Waals surface area contributed by atoms with E-state index in [0.717, 1.165) is 16.6 Å². The van der Waals surface area contributed by atoms with E-state index in [-0.39, 0.29) is 11.2 Å². The van der Waals surface area contributed by atoms with Gasteiger partial charge < -0.3 is 5.32 Å². The maximum Gasteiger partial charge on any atom is 0.127 e. The van der Waals surface area contributed by atoms with Crippen LogP contribution in [-0.4, -0.2) is 13.6 Å². The van der Waals surface area contributed by atoms with E-state index >= 15 is 0 Å². The molecule has 3 heteroatoms. The normalized spacial score (nSPS) is 14.5. The minimum atomic E-state index is -0.168. The van der Waals surface area contributed by atoms with Crippen LogP contribution in [0.3, 0.4) is 0 Å². The third-order valence-corrected chi connectivity index (χ3v) is 3.18. The lowest BCUT2D eigenvalue weighted by atomic mass is 9.83. The Hall–Kier alpha value is -0.670. The van der Waals surface area contributed by atoms with Crippen molar-refractivity contribution in [2.45, 2.75) is 13.3 Å². The summed E-state index contributed by atoms with van der Waals surface area (Å²) < 4.78 is 14.4. The van der Waals surface area contributed by atoms with Gasteiger partial charge in [-0.1, -0.05) is 35.0 Å². The standard InChI is InChI=1S/C13H17BrFN/c1-4-13(2,9-16-3)8-10-5-6-11(14)7-12(10)15/h4-7,16H,1,8-9H2,2-3H3. The van der Waals surface area contributed by atoms with E-state index < -0.39 is 0 Å². The second kappa shape index (κ2) is 5.60. The zero-order valence-electron chi connectivity index (χ0n) is 9.69. The molecule has 1 unspecified atom stereocenters. The van der Waals surface area contributed by atoms with E-state index in [1.165, 1.54) is 6.07 Å². The van der Waals surface area contributed by atoms with Gasteiger partial charge in [-0.15, -0.1) is 6.58 Å². The minimum Gasteiger partial charge on any atom is -0.319 e. The summed E-state index contributed by atoms with van der Waals surface area (Å²) in [5, 5.41) is 3.11. The summed E-state index contributed by atoms with van der Waals surface area (Å²) in [4.78, 5) is 0. The Morgan fingerprint density at radius 2 is 2.25 bits per heavy atom. The third kappa shape index (κ3) is 3.42. The fraction of sp³-hybridized carbons (Fsp3) is 0.385. The molecule has 1 aromatic rings. The van der Waals surface area contributed by atoms with Gasteiger partial charge in [-0.25, -0.2) is 4.39 Å². The van der Waals surface area contributed by atoms with Crippen molar-refractivity contribution in [1.82, 2.24) is 5.32 Å². The number of hydrogen-bond acceptors (Lipinski definition) is 1. The van der Waals surface area contributed by atoms with Crippen molar-refractivity contribution in [2.75, 3.05) is 13.6 Å². The number of hydrogen-bond donors (Lipinski definition) is 1. The fourth-order valence-corrected chi connectivity index (χ4v) is 2.04. The largest absolute Gasteiger partial charge is 0.319 e. The van der Waals surface area contributed by atoms with Crippen LogP contribution < -0.4 is 5.32 Å². The zero-order chi connectivity index (χ0) is 12.2. The molecule has 0 radical (unpaired) electrons. The summed E-state index contributed by atoms with van der Waals surface area (Å²) in [5.41, 5.74) is 0.601. The third-order valence-electron chi connectivity index (χ3n) is 2.68. The Kier molecular flexibility index (Phi) is 4.69. The van der Waals surface area contributed by atoms with E-state index in [9.17, 15) is 4.39 Å². The second-order valence-electron chi connectivity index (χ2n) is 4.30. The molecule has 0 heterocycles. The molecule has 0 aliphatic carbocycles. The first kappa shape index (κ1) is 13.4. The Morgan fingerprint density at radius 1 is 1.56 bits per heavy atom. The first-order chi connectivity index (χ1) is 7.50. The van der Waals surface area contributed by atoms with Crippen LogP contribution in [0.15, 0.2) is 35.3 Å². The van der Waals surface area contributed by atoms with Crippen LogP contribution in [-0.2, 0) is 6.42 Å². The van der Waals surface area contributed by atoms with Crippen molar-refractivity contribution >= 4 is 15.9 Å². The smallest absolute Gasteiger partial charge is 0.127 e. The van der Waals surface area contributed by atoms with E-state index in [4.69, 9.17) is 0 Å². The summed E-state index contributed by atoms with van der Waals surface area (Å²) in [5.74, 6) is -0.168. The number of halogens is 2. The highest BCUT2D eigenvalue weighted by Crippen LogP contribution is 2.26. The molecule has 0 saturated carbocycles. The number of benzene rings is 1. The highest BCUT2D eigenvalue weighted by atomic mass is 79.9. The lowest BCUT2D eigenvalue weighted by Crippen LogP contribution is -2.30. The van der Waals surface area contributed by atoms with Gasteiger partial charge >= 0.3 is 0 Å². The summed E-state index contributed by atoms with van der Waals surface area (Å²) >= 11 is 3.25. The second-order valence-corrected chi connectivity index (χ2v) is 5.22. The molecule has 1 nitrogen and oxygen atoms in total. The number of nitrogens with one attached hydrogen (secondary N) is 1. The average Bonchev–Trinajstić information content (AvgIpc) is 2.23. The average molecular weight is 286 g/mol. The molecular formula is C13H17BrFN. The molecule has 1 aromatic carbocycles. The zero-order valence-corrected chi connectivity index (χ0v) is 11.3. The van der Waals surface area contributed by atoms with E-state index in [2.05, 4.69) is 34.7 Å². The van der Waals surface area contributed by atoms with E-state index in [1.54, 1.807) is 0 Å². The molecule has 0 amide bonds. The summed E-state index contributed by atoms with van der Waals surface area (Å²) in [6, 6.07) is 5.18. The SMILES string of the molecule is C=CC(C)(CNC)Cc1ccc(Br)cc1F. The van der Waals surface area contributed by atoms with Gasteiger partial charge in [0.1, 0.15) is 5.82 Å². The van der Waals surface area contributed by atoms with Gasteiger partial charge in [0.25, 0.3) is 0 Å². The highest BCUT2D eigenvalue weighted by Gasteiger charge is 2.21. The summed E-state index contributed by atoms with van der Waals surface area (Å²) in [6.07, 6.45) is 2.53. The van der Waals surface area contributed by atoms with E-state index in [1.807, 2.05) is 25.3 Å². The topological polar surface area (TPSA) is 12.0 Å². The molecule has 88 valence electrons. The Bertz CT molecular complexity index is 378. The monoisotopic (exact) mass is 285 g/mol. The van der Waals surface area contributed by atoms with Crippen LogP contribution in [0.1, 0.15) is 12.5 Å². The molecular weight excluding hydrogens is 269 g/mol. The Labute approximate surface area is 105 Å². The molecule has 0 fully saturated rings. The molecule has 1 N–H and O–H groups in total. The van der Waals surface area contributed by atoms with Gasteiger partial charge in [-0.05, 0) is 31.2 Å². The molecule has 0 aliphatic heterocycles. The van der Waals surface area contributed by atoms with Crippen molar-refractivity contribution in [3.8, 4) is 0 Å². The Balaban J connectivity index is 2.89.